The molecule has 76 valence electrons. The van der Waals surface area contributed by atoms with Crippen LogP contribution in [0.3, 0.4) is 0 Å². The number of hydrogen-bond acceptors (Lipinski definition) is 3. The van der Waals surface area contributed by atoms with Crippen molar-refractivity contribution in [2.45, 2.75) is 19.4 Å². The number of nitrogens with zero attached hydrogens (tertiary/aromatic N) is 1. The third kappa shape index (κ3) is 2.61. The summed E-state index contributed by atoms with van der Waals surface area (Å²) >= 11 is 2.10. The summed E-state index contributed by atoms with van der Waals surface area (Å²) in [6.07, 6.45) is 1.37. The summed E-state index contributed by atoms with van der Waals surface area (Å²) in [7, 11) is 0. The topological polar surface area (TPSA) is 15.3 Å². The molecule has 0 aromatic rings. The molecule has 0 radical (unpaired) electrons. The predicted molar refractivity (Wildman–Crippen MR) is 59.3 cm³/mol. The highest BCUT2D eigenvalue weighted by atomic mass is 32.2. The molecule has 0 saturated carbocycles. The Bertz CT molecular complexity index is 157. The second-order valence-electron chi connectivity index (χ2n) is 4.24. The normalized spacial score (nSPS) is 36.7. The maximum Gasteiger partial charge on any atom is 0.0221 e. The van der Waals surface area contributed by atoms with E-state index in [1.165, 1.54) is 44.1 Å². The molecule has 0 aromatic carbocycles. The van der Waals surface area contributed by atoms with Gasteiger partial charge in [0.25, 0.3) is 0 Å². The third-order valence-electron chi connectivity index (χ3n) is 3.25. The fraction of sp³-hybridized carbons (Fsp3) is 1.00. The summed E-state index contributed by atoms with van der Waals surface area (Å²) in [6.45, 7) is 7.49. The van der Waals surface area contributed by atoms with E-state index in [-0.39, 0.29) is 0 Å². The molecule has 0 bridgehead atoms. The van der Waals surface area contributed by atoms with E-state index in [2.05, 4.69) is 28.9 Å². The van der Waals surface area contributed by atoms with Crippen molar-refractivity contribution in [1.29, 1.82) is 0 Å². The Balaban J connectivity index is 1.75. The Labute approximate surface area is 85.4 Å². The molecular weight excluding hydrogens is 180 g/mol. The lowest BCUT2D eigenvalue weighted by Gasteiger charge is -2.30. The van der Waals surface area contributed by atoms with Crippen LogP contribution in [0.1, 0.15) is 13.3 Å². The molecule has 13 heavy (non-hydrogen) atoms. The van der Waals surface area contributed by atoms with E-state index in [0.717, 1.165) is 12.0 Å². The molecule has 1 N–H and O–H groups in total. The lowest BCUT2D eigenvalue weighted by atomic mass is 10.0. The summed E-state index contributed by atoms with van der Waals surface area (Å²) in [5.74, 6) is 3.55. The minimum Gasteiger partial charge on any atom is -0.312 e. The summed E-state index contributed by atoms with van der Waals surface area (Å²) in [5.41, 5.74) is 0. The Morgan fingerprint density at radius 2 is 2.15 bits per heavy atom. The summed E-state index contributed by atoms with van der Waals surface area (Å²) in [4.78, 5) is 2.62. The molecule has 2 nitrogen and oxygen atoms in total. The monoisotopic (exact) mass is 200 g/mol. The number of hydrogen-bond donors (Lipinski definition) is 1. The second-order valence-corrected chi connectivity index (χ2v) is 5.46. The van der Waals surface area contributed by atoms with Gasteiger partial charge in [0, 0.05) is 37.2 Å². The van der Waals surface area contributed by atoms with Gasteiger partial charge in [-0.25, -0.2) is 0 Å². The first-order valence-electron chi connectivity index (χ1n) is 5.40. The van der Waals surface area contributed by atoms with Gasteiger partial charge in [-0.1, -0.05) is 6.92 Å². The zero-order chi connectivity index (χ0) is 9.10. The molecule has 0 aromatic heterocycles. The maximum absolute atomic E-state index is 3.61. The molecule has 2 rings (SSSR count). The summed E-state index contributed by atoms with van der Waals surface area (Å²) < 4.78 is 0. The summed E-state index contributed by atoms with van der Waals surface area (Å²) in [6, 6.07) is 0.767. The minimum absolute atomic E-state index is 0.767. The van der Waals surface area contributed by atoms with Crippen molar-refractivity contribution in [1.82, 2.24) is 10.2 Å². The first-order valence-corrected chi connectivity index (χ1v) is 6.55. The highest BCUT2D eigenvalue weighted by molar-refractivity contribution is 7.99. The highest BCUT2D eigenvalue weighted by Gasteiger charge is 2.25. The maximum atomic E-state index is 3.61. The molecule has 2 aliphatic rings. The van der Waals surface area contributed by atoms with Gasteiger partial charge in [-0.3, -0.25) is 0 Å². The van der Waals surface area contributed by atoms with Gasteiger partial charge in [0.05, 0.1) is 0 Å². The van der Waals surface area contributed by atoms with E-state index in [1.54, 1.807) is 0 Å². The Hall–Kier alpha value is 0.270. The lowest BCUT2D eigenvalue weighted by Crippen LogP contribution is -2.43. The Morgan fingerprint density at radius 1 is 1.38 bits per heavy atom. The van der Waals surface area contributed by atoms with E-state index >= 15 is 0 Å². The Morgan fingerprint density at radius 3 is 2.77 bits per heavy atom. The average Bonchev–Trinajstić information content (AvgIpc) is 2.54. The largest absolute Gasteiger partial charge is 0.312 e. The van der Waals surface area contributed by atoms with Crippen LogP contribution in [-0.2, 0) is 0 Å². The van der Waals surface area contributed by atoms with Crippen LogP contribution in [0.4, 0.5) is 0 Å². The van der Waals surface area contributed by atoms with Crippen molar-refractivity contribution in [3.63, 3.8) is 0 Å². The van der Waals surface area contributed by atoms with Crippen LogP contribution >= 0.6 is 11.8 Å². The molecule has 2 aliphatic heterocycles. The fourth-order valence-corrected chi connectivity index (χ4v) is 3.18. The van der Waals surface area contributed by atoms with Crippen molar-refractivity contribution in [2.24, 2.45) is 5.92 Å². The van der Waals surface area contributed by atoms with Gasteiger partial charge in [0.2, 0.25) is 0 Å². The van der Waals surface area contributed by atoms with Crippen molar-refractivity contribution >= 4 is 11.8 Å². The van der Waals surface area contributed by atoms with Crippen LogP contribution in [0, 0.1) is 5.92 Å². The summed E-state index contributed by atoms with van der Waals surface area (Å²) in [5, 5.41) is 3.61. The highest BCUT2D eigenvalue weighted by Crippen LogP contribution is 2.17. The van der Waals surface area contributed by atoms with Crippen LogP contribution in [0.5, 0.6) is 0 Å². The van der Waals surface area contributed by atoms with Gasteiger partial charge >= 0.3 is 0 Å². The van der Waals surface area contributed by atoms with Gasteiger partial charge in [-0.2, -0.15) is 11.8 Å². The van der Waals surface area contributed by atoms with Crippen LogP contribution in [-0.4, -0.2) is 48.6 Å². The van der Waals surface area contributed by atoms with E-state index in [0.29, 0.717) is 0 Å². The molecule has 3 heteroatoms. The fourth-order valence-electron chi connectivity index (χ4n) is 2.21. The standard InChI is InChI=1S/C10H20N2S/c1-9-2-3-11-10(9)8-12-4-6-13-7-5-12/h9-11H,2-8H2,1H3. The number of rotatable bonds is 2. The lowest BCUT2D eigenvalue weighted by molar-refractivity contribution is 0.254. The van der Waals surface area contributed by atoms with Crippen molar-refractivity contribution < 1.29 is 0 Å². The molecule has 2 heterocycles. The first-order chi connectivity index (χ1) is 6.36. The van der Waals surface area contributed by atoms with E-state index in [1.807, 2.05) is 0 Å². The van der Waals surface area contributed by atoms with Crippen LogP contribution in [0.15, 0.2) is 0 Å². The number of nitrogens with one attached hydrogen (secondary N) is 1. The van der Waals surface area contributed by atoms with Gasteiger partial charge < -0.3 is 10.2 Å². The van der Waals surface area contributed by atoms with Crippen molar-refractivity contribution in [3.05, 3.63) is 0 Å². The third-order valence-corrected chi connectivity index (χ3v) is 4.19. The van der Waals surface area contributed by atoms with Crippen LogP contribution < -0.4 is 5.32 Å². The quantitative estimate of drug-likeness (QED) is 0.717. The molecule has 2 fully saturated rings. The average molecular weight is 200 g/mol. The zero-order valence-electron chi connectivity index (χ0n) is 8.46. The molecule has 0 aliphatic carbocycles. The molecule has 2 unspecified atom stereocenters. The van der Waals surface area contributed by atoms with E-state index in [9.17, 15) is 0 Å². The van der Waals surface area contributed by atoms with E-state index < -0.39 is 0 Å². The van der Waals surface area contributed by atoms with Gasteiger partial charge in [0.1, 0.15) is 0 Å². The second kappa shape index (κ2) is 4.67. The smallest absolute Gasteiger partial charge is 0.0221 e. The molecule has 2 atom stereocenters. The van der Waals surface area contributed by atoms with Gasteiger partial charge in [0.15, 0.2) is 0 Å². The SMILES string of the molecule is CC1CCNC1CN1CCSCC1. The van der Waals surface area contributed by atoms with Crippen molar-refractivity contribution in [3.8, 4) is 0 Å². The van der Waals surface area contributed by atoms with Crippen molar-refractivity contribution in [2.75, 3.05) is 37.7 Å². The molecule has 2 saturated heterocycles. The molecular formula is C10H20N2S. The van der Waals surface area contributed by atoms with Crippen LogP contribution in [0.25, 0.3) is 0 Å². The van der Waals surface area contributed by atoms with Gasteiger partial charge in [-0.05, 0) is 18.9 Å². The molecule has 0 spiro atoms. The van der Waals surface area contributed by atoms with E-state index in [4.69, 9.17) is 0 Å². The Kier molecular flexibility index (Phi) is 3.52. The first kappa shape index (κ1) is 9.81. The minimum atomic E-state index is 0.767. The number of thioether (sulfide) groups is 1. The predicted octanol–water partition coefficient (Wildman–Crippen LogP) is 1.03. The van der Waals surface area contributed by atoms with Crippen LogP contribution in [0.2, 0.25) is 0 Å². The van der Waals surface area contributed by atoms with Gasteiger partial charge in [-0.15, -0.1) is 0 Å². The molecule has 0 amide bonds. The zero-order valence-corrected chi connectivity index (χ0v) is 9.28.